The summed E-state index contributed by atoms with van der Waals surface area (Å²) in [4.78, 5) is 4.95. The fourth-order valence-electron chi connectivity index (χ4n) is 13.9. The van der Waals surface area contributed by atoms with Crippen molar-refractivity contribution in [1.29, 1.82) is 0 Å². The summed E-state index contributed by atoms with van der Waals surface area (Å²) in [7, 11) is 0. The molecule has 13 rings (SSSR count). The molecule has 450 valence electrons. The smallest absolute Gasteiger partial charge is 0.160 e. The van der Waals surface area contributed by atoms with Gasteiger partial charge >= 0.3 is 0 Å². The minimum atomic E-state index is -0.948. The Hall–Kier alpha value is -8.60. The molecule has 0 radical (unpaired) electrons. The molecule has 4 nitrogen and oxygen atoms in total. The number of para-hydroxylation sites is 2. The van der Waals surface area contributed by atoms with Crippen molar-refractivity contribution in [2.45, 2.75) is 163 Å². The van der Waals surface area contributed by atoms with Crippen LogP contribution in [0.2, 0.25) is 0 Å². The molecule has 0 saturated heterocycles. The highest BCUT2D eigenvalue weighted by Crippen LogP contribution is 2.65. The highest BCUT2D eigenvalue weighted by Gasteiger charge is 2.51. The van der Waals surface area contributed by atoms with Crippen LogP contribution < -0.4 is 9.80 Å². The molecule has 4 heteroatoms. The first-order valence-electron chi connectivity index (χ1n) is 32.1. The molecule has 0 atom stereocenters. The Balaban J connectivity index is 1.25. The molecule has 0 unspecified atom stereocenters. The molecule has 0 spiro atoms. The van der Waals surface area contributed by atoms with Crippen LogP contribution in [0.15, 0.2) is 215 Å². The van der Waals surface area contributed by atoms with E-state index < -0.39 is 5.41 Å². The highest BCUT2D eigenvalue weighted by molar-refractivity contribution is 6.26. The Morgan fingerprint density at radius 3 is 0.910 bits per heavy atom. The molecular weight excluding hydrogens is 1080 g/mol. The average Bonchev–Trinajstić information content (AvgIpc) is 1.51. The fraction of sp³-hybridized carbons (Fsp3) is 0.294. The van der Waals surface area contributed by atoms with E-state index in [9.17, 15) is 0 Å². The van der Waals surface area contributed by atoms with Crippen molar-refractivity contribution in [3.8, 4) is 11.1 Å². The molecule has 1 aliphatic carbocycles. The van der Waals surface area contributed by atoms with Crippen LogP contribution in [0.25, 0.3) is 55.0 Å². The van der Waals surface area contributed by atoms with Crippen LogP contribution >= 0.6 is 0 Å². The highest BCUT2D eigenvalue weighted by atomic mass is 16.3. The van der Waals surface area contributed by atoms with E-state index in [1.165, 1.54) is 44.5 Å². The Bertz CT molecular complexity index is 4470. The maximum atomic E-state index is 7.70. The number of hydrogen-bond donors (Lipinski definition) is 0. The van der Waals surface area contributed by atoms with Crippen molar-refractivity contribution < 1.29 is 8.83 Å². The van der Waals surface area contributed by atoms with E-state index in [0.717, 1.165) is 100 Å². The summed E-state index contributed by atoms with van der Waals surface area (Å²) in [5, 5.41) is 4.21. The lowest BCUT2D eigenvalue weighted by atomic mass is 9.66. The van der Waals surface area contributed by atoms with Gasteiger partial charge in [-0.15, -0.1) is 0 Å². The molecule has 0 bridgehead atoms. The van der Waals surface area contributed by atoms with Crippen molar-refractivity contribution in [1.82, 2.24) is 0 Å². The zero-order chi connectivity index (χ0) is 63.1. The molecule has 0 N–H and O–H groups in total. The number of benzene rings is 10. The molecule has 0 fully saturated rings. The zero-order valence-corrected chi connectivity index (χ0v) is 55.8. The van der Waals surface area contributed by atoms with Gasteiger partial charge in [0, 0.05) is 50.0 Å². The molecule has 0 aliphatic heterocycles. The van der Waals surface area contributed by atoms with Crippen molar-refractivity contribution in [2.24, 2.45) is 0 Å². The maximum absolute atomic E-state index is 7.70. The van der Waals surface area contributed by atoms with Crippen LogP contribution in [0.4, 0.5) is 34.1 Å². The van der Waals surface area contributed by atoms with E-state index in [1.54, 1.807) is 0 Å². The lowest BCUT2D eigenvalue weighted by molar-refractivity contribution is 0.588. The van der Waals surface area contributed by atoms with E-state index in [4.69, 9.17) is 8.83 Å². The fourth-order valence-corrected chi connectivity index (χ4v) is 13.9. The summed E-state index contributed by atoms with van der Waals surface area (Å²) in [6.45, 7) is 41.4. The second kappa shape index (κ2) is 20.7. The van der Waals surface area contributed by atoms with E-state index in [2.05, 4.69) is 341 Å². The second-order valence-corrected chi connectivity index (χ2v) is 31.5. The monoisotopic (exact) mass is 1170 g/mol. The first kappa shape index (κ1) is 59.4. The first-order valence-corrected chi connectivity index (χ1v) is 32.1. The van der Waals surface area contributed by atoms with Gasteiger partial charge in [0.15, 0.2) is 5.58 Å². The molecular formula is C85H88N2O2. The van der Waals surface area contributed by atoms with Crippen LogP contribution in [0.5, 0.6) is 0 Å². The van der Waals surface area contributed by atoms with Gasteiger partial charge in [0.05, 0.1) is 22.2 Å². The molecule has 89 heavy (non-hydrogen) atoms. The lowest BCUT2D eigenvalue weighted by Crippen LogP contribution is -2.30. The van der Waals surface area contributed by atoms with Crippen molar-refractivity contribution >= 4 is 78.0 Å². The topological polar surface area (TPSA) is 32.8 Å². The summed E-state index contributed by atoms with van der Waals surface area (Å²) in [5.74, 6) is 0. The third-order valence-corrected chi connectivity index (χ3v) is 19.1. The van der Waals surface area contributed by atoms with Crippen LogP contribution in [0.3, 0.4) is 0 Å². The minimum Gasteiger partial charge on any atom is -0.455 e. The summed E-state index contributed by atoms with van der Waals surface area (Å²) in [5.41, 5.74) is 22.7. The normalized spacial score (nSPS) is 13.8. The molecule has 12 aromatic rings. The SMILES string of the molecule is CC(C)(C)c1ccc(N(c2ccc(C(C)(C)C)cc2)c2cc3c(c4c2oc2ccccc24)-c2c(cc(N(c4ccc(C(C)(C)C)cc4)c4ccc(C(C)(C)C)cc4)c4c2oc2ccccc24)C3(c2ccc(C(C)(C)C)cc2)c2ccc(C(C)(C)C)cc2)cc1. The summed E-state index contributed by atoms with van der Waals surface area (Å²) in [6, 6.07) is 78.6. The van der Waals surface area contributed by atoms with Crippen molar-refractivity contribution in [2.75, 3.05) is 9.80 Å². The van der Waals surface area contributed by atoms with E-state index in [-0.39, 0.29) is 32.5 Å². The predicted octanol–water partition coefficient (Wildman–Crippen LogP) is 24.6. The van der Waals surface area contributed by atoms with Crippen molar-refractivity contribution in [3.63, 3.8) is 0 Å². The summed E-state index contributed by atoms with van der Waals surface area (Å²) < 4.78 is 15.2. The van der Waals surface area contributed by atoms with Gasteiger partial charge in [-0.3, -0.25) is 0 Å². The number of fused-ring (bicyclic) bond motifs is 11. The first-order chi connectivity index (χ1) is 41.9. The average molecular weight is 1170 g/mol. The largest absolute Gasteiger partial charge is 0.455 e. The van der Waals surface area contributed by atoms with Crippen LogP contribution in [-0.4, -0.2) is 0 Å². The minimum absolute atomic E-state index is 0.0431. The van der Waals surface area contributed by atoms with Crippen LogP contribution in [-0.2, 0) is 37.9 Å². The third kappa shape index (κ3) is 10.1. The Labute approximate surface area is 529 Å². The van der Waals surface area contributed by atoms with Gasteiger partial charge in [-0.2, -0.15) is 0 Å². The van der Waals surface area contributed by atoms with Crippen LogP contribution in [0.1, 0.15) is 180 Å². The molecule has 10 aromatic carbocycles. The maximum Gasteiger partial charge on any atom is 0.160 e. The third-order valence-electron chi connectivity index (χ3n) is 19.1. The standard InChI is InChI=1S/C85H88N2O2/c1-79(2,3)53-27-31-59(32-28-53)85(60-33-29-54(30-34-60)80(4,5)6)67-52-70(87(63-47-39-57(40-48-63)83(13,14)15)64-49-41-58(42-50-64)84(16,17)18)77-74(66-24-20-22-26-72(66)88-77)75(67)76-68(85)51-69(73-65-23-19-21-25-71(65)89-78(73)76)86(61-43-35-55(36-44-61)81(7,8)9)62-45-37-56(38-46-62)82(10,11)12/h19-52H,1-18H3. The van der Waals surface area contributed by atoms with E-state index in [1.807, 2.05) is 0 Å². The molecule has 2 aromatic heterocycles. The number of rotatable bonds is 8. The van der Waals surface area contributed by atoms with Gasteiger partial charge < -0.3 is 18.6 Å². The van der Waals surface area contributed by atoms with Gasteiger partial charge in [-0.05, 0) is 161 Å². The molecule has 2 heterocycles. The Morgan fingerprint density at radius 1 is 0.281 bits per heavy atom. The number of furan rings is 2. The molecule has 0 saturated carbocycles. The van der Waals surface area contributed by atoms with Gasteiger partial charge in [-0.1, -0.05) is 258 Å². The van der Waals surface area contributed by atoms with Crippen molar-refractivity contribution in [3.05, 3.63) is 262 Å². The Morgan fingerprint density at radius 2 is 0.562 bits per heavy atom. The lowest BCUT2D eigenvalue weighted by Gasteiger charge is -2.37. The molecule has 0 amide bonds. The predicted molar refractivity (Wildman–Crippen MR) is 380 cm³/mol. The summed E-state index contributed by atoms with van der Waals surface area (Å²) >= 11 is 0. The number of anilines is 6. The number of nitrogens with zero attached hydrogens (tertiary/aromatic N) is 2. The second-order valence-electron chi connectivity index (χ2n) is 31.5. The van der Waals surface area contributed by atoms with Crippen LogP contribution in [0, 0.1) is 0 Å². The van der Waals surface area contributed by atoms with Gasteiger partial charge in [0.1, 0.15) is 16.7 Å². The summed E-state index contributed by atoms with van der Waals surface area (Å²) in [6.07, 6.45) is 0. The quantitative estimate of drug-likeness (QED) is 0.152. The number of hydrogen-bond acceptors (Lipinski definition) is 4. The van der Waals surface area contributed by atoms with Gasteiger partial charge in [0.25, 0.3) is 0 Å². The Kier molecular flexibility index (Phi) is 13.8. The van der Waals surface area contributed by atoms with E-state index >= 15 is 0 Å². The van der Waals surface area contributed by atoms with Gasteiger partial charge in [0.2, 0.25) is 0 Å². The van der Waals surface area contributed by atoms with Gasteiger partial charge in [-0.25, -0.2) is 0 Å². The zero-order valence-electron chi connectivity index (χ0n) is 55.8. The molecule has 1 aliphatic rings. The van der Waals surface area contributed by atoms with E-state index in [0.29, 0.717) is 0 Å².